The Hall–Kier alpha value is -3.13. The van der Waals surface area contributed by atoms with Crippen LogP contribution in [0.4, 0.5) is 5.69 Å². The Morgan fingerprint density at radius 2 is 1.97 bits per heavy atom. The van der Waals surface area contributed by atoms with Crippen molar-refractivity contribution in [3.8, 4) is 11.5 Å². The van der Waals surface area contributed by atoms with Gasteiger partial charge in [-0.05, 0) is 81.6 Å². The number of anilines is 1. The molecule has 0 unspecified atom stereocenters. The van der Waals surface area contributed by atoms with Crippen LogP contribution in [0.3, 0.4) is 0 Å². The van der Waals surface area contributed by atoms with E-state index in [0.29, 0.717) is 23.9 Å². The first-order valence-corrected chi connectivity index (χ1v) is 12.2. The van der Waals surface area contributed by atoms with E-state index in [-0.39, 0.29) is 12.2 Å². The second kappa shape index (κ2) is 10.9. The minimum Gasteiger partial charge on any atom is -0.486 e. The van der Waals surface area contributed by atoms with Crippen molar-refractivity contribution in [3.05, 3.63) is 53.6 Å². The Labute approximate surface area is 205 Å². The van der Waals surface area contributed by atoms with Crippen LogP contribution in [-0.4, -0.2) is 35.6 Å². The van der Waals surface area contributed by atoms with Crippen LogP contribution in [0.1, 0.15) is 56.6 Å². The summed E-state index contributed by atoms with van der Waals surface area (Å²) in [7, 11) is 0. The number of rotatable bonds is 6. The van der Waals surface area contributed by atoms with Crippen LogP contribution < -0.4 is 20.2 Å². The van der Waals surface area contributed by atoms with E-state index in [4.69, 9.17) is 31.5 Å². The van der Waals surface area contributed by atoms with Crippen molar-refractivity contribution >= 4 is 34.7 Å². The Morgan fingerprint density at radius 1 is 1.18 bits per heavy atom. The molecule has 2 aliphatic rings. The number of thiocarbonyl (C=S) groups is 1. The quantitative estimate of drug-likeness (QED) is 0.337. The predicted molar refractivity (Wildman–Crippen MR) is 137 cm³/mol. The van der Waals surface area contributed by atoms with Crippen molar-refractivity contribution < 1.29 is 19.0 Å². The van der Waals surface area contributed by atoms with Crippen LogP contribution in [0.5, 0.6) is 11.5 Å². The number of esters is 1. The number of carbonyl (C=O) groups excluding carboxylic acids is 1. The topological polar surface area (TPSA) is 81.2 Å². The van der Waals surface area contributed by atoms with Gasteiger partial charge in [0.05, 0.1) is 12.3 Å². The monoisotopic (exact) mass is 481 g/mol. The van der Waals surface area contributed by atoms with Crippen molar-refractivity contribution in [2.24, 2.45) is 5.10 Å². The Morgan fingerprint density at radius 3 is 2.74 bits per heavy atom. The number of para-hydroxylation sites is 1. The van der Waals surface area contributed by atoms with E-state index >= 15 is 0 Å². The van der Waals surface area contributed by atoms with Gasteiger partial charge in [0.25, 0.3) is 0 Å². The van der Waals surface area contributed by atoms with Gasteiger partial charge in [0.1, 0.15) is 17.1 Å². The number of hydrogen-bond acceptors (Lipinski definition) is 6. The third-order valence-electron chi connectivity index (χ3n) is 6.19. The molecule has 2 aromatic carbocycles. The fourth-order valence-electron chi connectivity index (χ4n) is 4.48. The van der Waals surface area contributed by atoms with E-state index in [1.807, 2.05) is 49.4 Å². The molecule has 1 fully saturated rings. The summed E-state index contributed by atoms with van der Waals surface area (Å²) in [6.07, 6.45) is 6.19. The molecular weight excluding hydrogens is 450 g/mol. The Balaban J connectivity index is 1.55. The smallest absolute Gasteiger partial charge is 0.344 e. The molecule has 2 N–H and O–H groups in total. The summed E-state index contributed by atoms with van der Waals surface area (Å²) in [6, 6.07) is 13.5. The molecular formula is C26H31N3O4S. The van der Waals surface area contributed by atoms with Gasteiger partial charge in [0.2, 0.25) is 0 Å². The lowest BCUT2D eigenvalue weighted by Gasteiger charge is -2.41. The van der Waals surface area contributed by atoms with Crippen molar-refractivity contribution in [2.75, 3.05) is 18.5 Å². The summed E-state index contributed by atoms with van der Waals surface area (Å²) in [5, 5.41) is 8.33. The molecule has 8 heteroatoms. The highest BCUT2D eigenvalue weighted by Gasteiger charge is 2.40. The average Bonchev–Trinajstić information content (AvgIpc) is 2.83. The number of aryl methyl sites for hydroxylation is 1. The first-order chi connectivity index (χ1) is 16.5. The largest absolute Gasteiger partial charge is 0.486 e. The molecule has 1 heterocycles. The lowest BCUT2D eigenvalue weighted by molar-refractivity contribution is -0.145. The van der Waals surface area contributed by atoms with Crippen LogP contribution in [0.2, 0.25) is 0 Å². The van der Waals surface area contributed by atoms with Crippen LogP contribution in [0.15, 0.2) is 47.6 Å². The van der Waals surface area contributed by atoms with Crippen molar-refractivity contribution in [1.82, 2.24) is 5.43 Å². The lowest BCUT2D eigenvalue weighted by atomic mass is 9.78. The number of hydrazone groups is 1. The fourth-order valence-corrected chi connectivity index (χ4v) is 4.64. The van der Waals surface area contributed by atoms with Gasteiger partial charge in [0, 0.05) is 17.7 Å². The van der Waals surface area contributed by atoms with Crippen LogP contribution in [-0.2, 0) is 9.53 Å². The summed E-state index contributed by atoms with van der Waals surface area (Å²) < 4.78 is 17.1. The van der Waals surface area contributed by atoms with E-state index in [2.05, 4.69) is 10.7 Å². The summed E-state index contributed by atoms with van der Waals surface area (Å²) in [4.78, 5) is 11.7. The molecule has 2 aromatic rings. The van der Waals surface area contributed by atoms with Gasteiger partial charge >= 0.3 is 5.97 Å². The van der Waals surface area contributed by atoms with E-state index in [9.17, 15) is 4.79 Å². The minimum absolute atomic E-state index is 0.146. The number of nitrogens with one attached hydrogen (secondary N) is 2. The molecule has 7 nitrogen and oxygen atoms in total. The molecule has 180 valence electrons. The molecule has 0 amide bonds. The van der Waals surface area contributed by atoms with Gasteiger partial charge in [-0.2, -0.15) is 5.10 Å². The van der Waals surface area contributed by atoms with Gasteiger partial charge in [-0.15, -0.1) is 0 Å². The van der Waals surface area contributed by atoms with Gasteiger partial charge in [0.15, 0.2) is 11.7 Å². The highest BCUT2D eigenvalue weighted by Crippen LogP contribution is 2.43. The zero-order valence-electron chi connectivity index (χ0n) is 19.7. The zero-order chi connectivity index (χ0) is 24.0. The van der Waals surface area contributed by atoms with Crippen molar-refractivity contribution in [3.63, 3.8) is 0 Å². The number of hydrogen-bond donors (Lipinski definition) is 2. The second-order valence-electron chi connectivity index (χ2n) is 8.71. The highest BCUT2D eigenvalue weighted by atomic mass is 32.1. The van der Waals surface area contributed by atoms with E-state index < -0.39 is 5.97 Å². The predicted octanol–water partition coefficient (Wildman–Crippen LogP) is 5.11. The number of carbonyl (C=O) groups is 1. The molecule has 0 radical (unpaired) electrons. The summed E-state index contributed by atoms with van der Waals surface area (Å²) in [5.74, 6) is 0.930. The first kappa shape index (κ1) is 24.0. The van der Waals surface area contributed by atoms with E-state index in [0.717, 1.165) is 54.0 Å². The first-order valence-electron chi connectivity index (χ1n) is 11.8. The number of benzene rings is 2. The molecule has 4 rings (SSSR count). The molecule has 34 heavy (non-hydrogen) atoms. The van der Waals surface area contributed by atoms with Crippen LogP contribution in [0, 0.1) is 6.92 Å². The molecule has 0 aromatic heterocycles. The summed E-state index contributed by atoms with van der Waals surface area (Å²) in [6.45, 7) is 3.97. The molecule has 0 atom stereocenters. The Bertz CT molecular complexity index is 1080. The second-order valence-corrected chi connectivity index (χ2v) is 9.12. The fraction of sp³-hybridized carbons (Fsp3) is 0.423. The lowest BCUT2D eigenvalue weighted by Crippen LogP contribution is -2.44. The highest BCUT2D eigenvalue weighted by molar-refractivity contribution is 7.80. The summed E-state index contributed by atoms with van der Waals surface area (Å²) in [5.41, 5.74) is 6.50. The molecule has 1 aliphatic carbocycles. The Kier molecular flexibility index (Phi) is 7.67. The van der Waals surface area contributed by atoms with Crippen molar-refractivity contribution in [1.29, 1.82) is 0 Å². The zero-order valence-corrected chi connectivity index (χ0v) is 20.5. The molecule has 1 aliphatic heterocycles. The average molecular weight is 482 g/mol. The minimum atomic E-state index is -0.402. The molecule has 0 bridgehead atoms. The maximum Gasteiger partial charge on any atom is 0.344 e. The SMILES string of the molecule is CCOC(=O)COc1ccc2c(c1)C(=NNC(=S)Nc1ccccc1C)CC1(CCCCC1)O2. The number of ether oxygens (including phenoxy) is 3. The van der Waals surface area contributed by atoms with Gasteiger partial charge in [-0.3, -0.25) is 5.43 Å². The third kappa shape index (κ3) is 5.86. The molecule has 0 saturated heterocycles. The molecule has 1 saturated carbocycles. The maximum atomic E-state index is 11.7. The van der Waals surface area contributed by atoms with Crippen molar-refractivity contribution in [2.45, 2.75) is 58.0 Å². The van der Waals surface area contributed by atoms with E-state index in [1.165, 1.54) is 6.42 Å². The maximum absolute atomic E-state index is 11.7. The van der Waals surface area contributed by atoms with E-state index in [1.54, 1.807) is 6.92 Å². The standard InChI is InChI=1S/C26H31N3O4S/c1-3-31-24(30)17-32-19-11-12-23-20(15-19)22(16-26(33-23)13-7-4-8-14-26)28-29-25(34)27-21-10-6-5-9-18(21)2/h5-6,9-12,15H,3-4,7-8,13-14,16-17H2,1-2H3,(H2,27,29,34). The van der Waals surface area contributed by atoms with Gasteiger partial charge < -0.3 is 19.5 Å². The normalized spacial score (nSPS) is 17.4. The number of nitrogens with zero attached hydrogens (tertiary/aromatic N) is 1. The third-order valence-corrected chi connectivity index (χ3v) is 6.38. The van der Waals surface area contributed by atoms with Crippen LogP contribution in [0.25, 0.3) is 0 Å². The molecule has 1 spiro atoms. The van der Waals surface area contributed by atoms with Gasteiger partial charge in [-0.1, -0.05) is 24.6 Å². The summed E-state index contributed by atoms with van der Waals surface area (Å²) >= 11 is 5.49. The van der Waals surface area contributed by atoms with Crippen LogP contribution >= 0.6 is 12.2 Å². The number of fused-ring (bicyclic) bond motifs is 1. The van der Waals surface area contributed by atoms with Gasteiger partial charge in [-0.25, -0.2) is 4.79 Å².